The van der Waals surface area contributed by atoms with Crippen LogP contribution in [0.4, 0.5) is 5.82 Å². The van der Waals surface area contributed by atoms with Gasteiger partial charge in [0.1, 0.15) is 11.6 Å². The Labute approximate surface area is 129 Å². The maximum Gasteiger partial charge on any atom is 0.223 e. The Morgan fingerprint density at radius 2 is 2.09 bits per heavy atom. The summed E-state index contributed by atoms with van der Waals surface area (Å²) in [4.78, 5) is 6.44. The number of hydrogen-bond donors (Lipinski definition) is 0. The average Bonchev–Trinajstić information content (AvgIpc) is 2.96. The maximum atomic E-state index is 9.46. The molecule has 0 aromatic carbocycles. The van der Waals surface area contributed by atoms with E-state index < -0.39 is 0 Å². The van der Waals surface area contributed by atoms with Gasteiger partial charge in [-0.3, -0.25) is 0 Å². The Balaban J connectivity index is 1.90. The predicted octanol–water partition coefficient (Wildman–Crippen LogP) is 2.04. The zero-order valence-electron chi connectivity index (χ0n) is 13.0. The molecule has 1 aliphatic rings. The lowest BCUT2D eigenvalue weighted by molar-refractivity contribution is 0.376. The molecular formula is C15H18N6O. The first kappa shape index (κ1) is 14.4. The summed E-state index contributed by atoms with van der Waals surface area (Å²) in [6.45, 7) is 7.16. The zero-order valence-corrected chi connectivity index (χ0v) is 13.0. The fourth-order valence-electron chi connectivity index (χ4n) is 2.81. The maximum absolute atomic E-state index is 9.46. The van der Waals surface area contributed by atoms with Gasteiger partial charge in [-0.1, -0.05) is 5.16 Å². The quantitative estimate of drug-likeness (QED) is 0.837. The molecule has 2 aromatic rings. The molecule has 2 aromatic heterocycles. The molecule has 1 unspecified atom stereocenters. The molecule has 0 radical (unpaired) electrons. The minimum Gasteiger partial charge on any atom is -0.353 e. The molecule has 0 amide bonds. The van der Waals surface area contributed by atoms with Crippen LogP contribution in [0.3, 0.4) is 0 Å². The van der Waals surface area contributed by atoms with Crippen molar-refractivity contribution < 1.29 is 4.52 Å². The van der Waals surface area contributed by atoms with Gasteiger partial charge in [0.05, 0.1) is 5.69 Å². The van der Waals surface area contributed by atoms with Gasteiger partial charge >= 0.3 is 0 Å². The van der Waals surface area contributed by atoms with Crippen molar-refractivity contribution in [2.24, 2.45) is 0 Å². The van der Waals surface area contributed by atoms with Crippen LogP contribution in [0.1, 0.15) is 47.3 Å². The Bertz CT molecular complexity index is 732. The Morgan fingerprint density at radius 1 is 1.27 bits per heavy atom. The van der Waals surface area contributed by atoms with E-state index in [1.807, 2.05) is 13.8 Å². The van der Waals surface area contributed by atoms with Crippen molar-refractivity contribution >= 4 is 5.82 Å². The lowest BCUT2D eigenvalue weighted by atomic mass is 9.96. The fourth-order valence-corrected chi connectivity index (χ4v) is 2.81. The van der Waals surface area contributed by atoms with Crippen LogP contribution in [0.2, 0.25) is 0 Å². The molecule has 0 bridgehead atoms. The van der Waals surface area contributed by atoms with Crippen LogP contribution in [-0.2, 0) is 0 Å². The molecule has 3 heterocycles. The lowest BCUT2D eigenvalue weighted by Gasteiger charge is -2.32. The van der Waals surface area contributed by atoms with E-state index in [0.29, 0.717) is 17.3 Å². The minimum absolute atomic E-state index is 0.196. The van der Waals surface area contributed by atoms with Crippen LogP contribution < -0.4 is 4.90 Å². The molecule has 1 atom stereocenters. The third kappa shape index (κ3) is 2.52. The summed E-state index contributed by atoms with van der Waals surface area (Å²) in [5, 5.41) is 21.9. The normalized spacial score (nSPS) is 18.3. The fraction of sp³-hybridized carbons (Fsp3) is 0.533. The molecule has 114 valence electrons. The van der Waals surface area contributed by atoms with E-state index in [0.717, 1.165) is 43.0 Å². The van der Waals surface area contributed by atoms with Gasteiger partial charge in [0.2, 0.25) is 5.89 Å². The summed E-state index contributed by atoms with van der Waals surface area (Å²) in [5.41, 5.74) is 2.30. The second kappa shape index (κ2) is 5.72. The van der Waals surface area contributed by atoms with E-state index in [9.17, 15) is 5.26 Å². The molecule has 0 aliphatic carbocycles. The first-order valence-corrected chi connectivity index (χ1v) is 7.39. The van der Waals surface area contributed by atoms with Crippen molar-refractivity contribution in [3.8, 4) is 6.07 Å². The molecule has 22 heavy (non-hydrogen) atoms. The number of anilines is 1. The van der Waals surface area contributed by atoms with Crippen LogP contribution in [0, 0.1) is 32.1 Å². The molecule has 0 saturated carbocycles. The summed E-state index contributed by atoms with van der Waals surface area (Å²) in [7, 11) is 0. The number of aromatic nitrogens is 4. The average molecular weight is 298 g/mol. The van der Waals surface area contributed by atoms with E-state index in [1.54, 1.807) is 6.92 Å². The Hall–Kier alpha value is -2.49. The zero-order chi connectivity index (χ0) is 15.7. The van der Waals surface area contributed by atoms with Gasteiger partial charge in [-0.05, 0) is 32.3 Å². The molecule has 1 saturated heterocycles. The minimum atomic E-state index is 0.196. The number of rotatable bonds is 2. The molecule has 7 heteroatoms. The van der Waals surface area contributed by atoms with E-state index in [2.05, 4.69) is 31.3 Å². The topological polar surface area (TPSA) is 91.7 Å². The number of nitrogens with zero attached hydrogens (tertiary/aromatic N) is 6. The molecule has 1 fully saturated rings. The summed E-state index contributed by atoms with van der Waals surface area (Å²) in [6.07, 6.45) is 2.01. The van der Waals surface area contributed by atoms with Crippen molar-refractivity contribution in [1.29, 1.82) is 5.26 Å². The highest BCUT2D eigenvalue weighted by molar-refractivity contribution is 5.57. The highest BCUT2D eigenvalue weighted by Gasteiger charge is 2.28. The molecular weight excluding hydrogens is 280 g/mol. The number of aryl methyl sites for hydroxylation is 2. The molecule has 1 aliphatic heterocycles. The van der Waals surface area contributed by atoms with Gasteiger partial charge in [0.15, 0.2) is 11.6 Å². The highest BCUT2D eigenvalue weighted by Crippen LogP contribution is 2.30. The van der Waals surface area contributed by atoms with Crippen molar-refractivity contribution in [2.45, 2.75) is 39.5 Å². The monoisotopic (exact) mass is 298 g/mol. The first-order chi connectivity index (χ1) is 10.6. The van der Waals surface area contributed by atoms with E-state index >= 15 is 0 Å². The summed E-state index contributed by atoms with van der Waals surface area (Å²) >= 11 is 0. The van der Waals surface area contributed by atoms with Gasteiger partial charge < -0.3 is 9.42 Å². The number of hydrogen-bond acceptors (Lipinski definition) is 7. The van der Waals surface area contributed by atoms with Crippen molar-refractivity contribution in [3.05, 3.63) is 28.5 Å². The third-order valence-electron chi connectivity index (χ3n) is 4.18. The van der Waals surface area contributed by atoms with Gasteiger partial charge in [0, 0.05) is 25.9 Å². The summed E-state index contributed by atoms with van der Waals surface area (Å²) in [5.74, 6) is 2.17. The lowest BCUT2D eigenvalue weighted by Crippen LogP contribution is -2.36. The van der Waals surface area contributed by atoms with Crippen LogP contribution in [-0.4, -0.2) is 33.4 Å². The van der Waals surface area contributed by atoms with Crippen LogP contribution in [0.25, 0.3) is 0 Å². The standard InChI is InChI=1S/C15H18N6O/c1-9-10(2)18-19-15(13(9)7-16)21-6-4-5-12(8-21)14-17-11(3)22-20-14/h12H,4-6,8H2,1-3H3. The first-order valence-electron chi connectivity index (χ1n) is 7.39. The van der Waals surface area contributed by atoms with Crippen LogP contribution >= 0.6 is 0 Å². The van der Waals surface area contributed by atoms with E-state index in [-0.39, 0.29) is 5.92 Å². The van der Waals surface area contributed by atoms with Gasteiger partial charge in [-0.25, -0.2) is 0 Å². The Morgan fingerprint density at radius 3 is 2.77 bits per heavy atom. The highest BCUT2D eigenvalue weighted by atomic mass is 16.5. The van der Waals surface area contributed by atoms with Gasteiger partial charge in [-0.2, -0.15) is 15.3 Å². The van der Waals surface area contributed by atoms with Crippen molar-refractivity contribution in [1.82, 2.24) is 20.3 Å². The SMILES string of the molecule is Cc1nc(C2CCCN(c3nnc(C)c(C)c3C#N)C2)no1. The molecule has 0 spiro atoms. The smallest absolute Gasteiger partial charge is 0.223 e. The van der Waals surface area contributed by atoms with E-state index in [1.165, 1.54) is 0 Å². The number of piperidine rings is 1. The van der Waals surface area contributed by atoms with Crippen LogP contribution in [0.5, 0.6) is 0 Å². The van der Waals surface area contributed by atoms with Gasteiger partial charge in [-0.15, -0.1) is 5.10 Å². The third-order valence-corrected chi connectivity index (χ3v) is 4.18. The molecule has 3 rings (SSSR count). The molecule has 7 nitrogen and oxygen atoms in total. The van der Waals surface area contributed by atoms with Crippen molar-refractivity contribution in [2.75, 3.05) is 18.0 Å². The Kier molecular flexibility index (Phi) is 3.75. The second-order valence-electron chi connectivity index (χ2n) is 5.68. The largest absolute Gasteiger partial charge is 0.353 e. The van der Waals surface area contributed by atoms with Crippen molar-refractivity contribution in [3.63, 3.8) is 0 Å². The number of nitriles is 1. The second-order valence-corrected chi connectivity index (χ2v) is 5.68. The van der Waals surface area contributed by atoms with E-state index in [4.69, 9.17) is 4.52 Å². The summed E-state index contributed by atoms with van der Waals surface area (Å²) in [6, 6.07) is 2.27. The molecule has 0 N–H and O–H groups in total. The predicted molar refractivity (Wildman–Crippen MR) is 79.4 cm³/mol. The summed E-state index contributed by atoms with van der Waals surface area (Å²) < 4.78 is 5.08. The van der Waals surface area contributed by atoms with Gasteiger partial charge in [0.25, 0.3) is 0 Å². The van der Waals surface area contributed by atoms with Crippen LogP contribution in [0.15, 0.2) is 4.52 Å².